The van der Waals surface area contributed by atoms with Crippen LogP contribution in [0.2, 0.25) is 0 Å². The van der Waals surface area contributed by atoms with Crippen LogP contribution in [0.15, 0.2) is 22.8 Å². The predicted octanol–water partition coefficient (Wildman–Crippen LogP) is 3.68. The molecule has 1 N–H and O–H groups in total. The lowest BCUT2D eigenvalue weighted by Gasteiger charge is -2.32. The molecule has 24 heavy (non-hydrogen) atoms. The molecule has 0 aliphatic rings. The van der Waals surface area contributed by atoms with Crippen LogP contribution in [0.25, 0.3) is 11.0 Å². The molecular formula is C17H20F3NO3. The molecule has 132 valence electrons. The number of rotatable bonds is 5. The van der Waals surface area contributed by atoms with Gasteiger partial charge in [-0.3, -0.25) is 4.79 Å². The minimum atomic E-state index is -4.62. The van der Waals surface area contributed by atoms with Crippen LogP contribution in [0, 0.1) is 13.8 Å². The monoisotopic (exact) mass is 343 g/mol. The van der Waals surface area contributed by atoms with Gasteiger partial charge in [0.15, 0.2) is 5.54 Å². The molecule has 0 radical (unpaired) electrons. The van der Waals surface area contributed by atoms with Crippen molar-refractivity contribution in [3.8, 4) is 0 Å². The van der Waals surface area contributed by atoms with Crippen molar-refractivity contribution in [2.24, 2.45) is 0 Å². The lowest BCUT2D eigenvalue weighted by Crippen LogP contribution is -2.59. The Balaban J connectivity index is 2.22. The molecule has 1 amide bonds. The number of amides is 1. The Kier molecular flexibility index (Phi) is 4.94. The lowest BCUT2D eigenvalue weighted by atomic mass is 10.0. The second-order valence-electron chi connectivity index (χ2n) is 6.18. The molecule has 7 heteroatoms. The first-order valence-electron chi connectivity index (χ1n) is 7.41. The fourth-order valence-corrected chi connectivity index (χ4v) is 2.48. The Morgan fingerprint density at radius 2 is 1.88 bits per heavy atom. The van der Waals surface area contributed by atoms with Crippen molar-refractivity contribution >= 4 is 16.9 Å². The maximum Gasteiger partial charge on any atom is 0.413 e. The average Bonchev–Trinajstić information content (AvgIpc) is 2.80. The molecule has 1 heterocycles. The van der Waals surface area contributed by atoms with E-state index in [1.54, 1.807) is 0 Å². The van der Waals surface area contributed by atoms with E-state index < -0.39 is 24.2 Å². The number of halogens is 3. The molecule has 4 nitrogen and oxygen atoms in total. The third kappa shape index (κ3) is 3.56. The Morgan fingerprint density at radius 1 is 1.25 bits per heavy atom. The maximum absolute atomic E-state index is 13.2. The normalized spacial score (nSPS) is 14.6. The van der Waals surface area contributed by atoms with Gasteiger partial charge in [0.05, 0.1) is 19.3 Å². The number of aryl methyl sites for hydroxylation is 2. The van der Waals surface area contributed by atoms with Crippen LogP contribution < -0.4 is 5.32 Å². The summed E-state index contributed by atoms with van der Waals surface area (Å²) in [6, 6.07) is 3.71. The predicted molar refractivity (Wildman–Crippen MR) is 83.9 cm³/mol. The van der Waals surface area contributed by atoms with Crippen LogP contribution in [0.1, 0.15) is 23.6 Å². The first-order valence-corrected chi connectivity index (χ1v) is 7.41. The highest BCUT2D eigenvalue weighted by molar-refractivity contribution is 5.88. The number of furan rings is 1. The molecule has 0 saturated carbocycles. The van der Waals surface area contributed by atoms with Crippen molar-refractivity contribution in [1.82, 2.24) is 5.32 Å². The molecule has 2 aromatic rings. The third-order valence-corrected chi connectivity index (χ3v) is 4.09. The van der Waals surface area contributed by atoms with Crippen LogP contribution in [0.3, 0.4) is 0 Å². The number of hydrogen-bond acceptors (Lipinski definition) is 3. The summed E-state index contributed by atoms with van der Waals surface area (Å²) in [5.41, 5.74) is 0.775. The Bertz CT molecular complexity index is 751. The highest BCUT2D eigenvalue weighted by Crippen LogP contribution is 2.31. The zero-order valence-corrected chi connectivity index (χ0v) is 14.0. The molecule has 0 fully saturated rings. The summed E-state index contributed by atoms with van der Waals surface area (Å²) < 4.78 is 49.5. The van der Waals surface area contributed by atoms with Crippen LogP contribution in [0.4, 0.5) is 13.2 Å². The number of alkyl halides is 3. The summed E-state index contributed by atoms with van der Waals surface area (Å²) in [6.07, 6.45) is -3.42. The Labute approximate surface area is 138 Å². The summed E-state index contributed by atoms with van der Waals surface area (Å²) in [5.74, 6) is -0.743. The average molecular weight is 343 g/mol. The minimum Gasteiger partial charge on any atom is -0.464 e. The number of nitrogens with one attached hydrogen (secondary N) is 1. The largest absolute Gasteiger partial charge is 0.464 e. The standard InChI is InChI=1S/C17H20F3NO3/c1-10-5-13-12(8-24-14(13)6-11(10)2)7-15(22)21-16(3,9-23-4)17(18,19)20/h5-6,8H,7,9H2,1-4H3,(H,21,22)/t16-/m1/s1. The van der Waals surface area contributed by atoms with E-state index in [-0.39, 0.29) is 6.42 Å². The van der Waals surface area contributed by atoms with Gasteiger partial charge in [-0.15, -0.1) is 0 Å². The van der Waals surface area contributed by atoms with E-state index in [2.05, 4.69) is 4.74 Å². The SMILES string of the molecule is COC[C@@](C)(NC(=O)Cc1coc2cc(C)c(C)cc12)C(F)(F)F. The molecule has 2 rings (SSSR count). The smallest absolute Gasteiger partial charge is 0.413 e. The summed E-state index contributed by atoms with van der Waals surface area (Å²) in [5, 5.41) is 2.76. The first kappa shape index (κ1) is 18.3. The molecule has 0 aliphatic heterocycles. The topological polar surface area (TPSA) is 51.5 Å². The molecule has 0 saturated heterocycles. The molecule has 0 bridgehead atoms. The van der Waals surface area contributed by atoms with Gasteiger partial charge in [0.2, 0.25) is 5.91 Å². The van der Waals surface area contributed by atoms with Crippen LogP contribution in [0.5, 0.6) is 0 Å². The third-order valence-electron chi connectivity index (χ3n) is 4.09. The number of benzene rings is 1. The zero-order valence-electron chi connectivity index (χ0n) is 14.0. The summed E-state index contributed by atoms with van der Waals surface area (Å²) >= 11 is 0. The van der Waals surface area contributed by atoms with E-state index in [9.17, 15) is 18.0 Å². The quantitative estimate of drug-likeness (QED) is 0.901. The van der Waals surface area contributed by atoms with E-state index in [0.29, 0.717) is 11.1 Å². The van der Waals surface area contributed by atoms with E-state index >= 15 is 0 Å². The molecule has 1 aromatic heterocycles. The van der Waals surface area contributed by atoms with Gasteiger partial charge in [0.1, 0.15) is 5.58 Å². The van der Waals surface area contributed by atoms with Gasteiger partial charge in [-0.2, -0.15) is 13.2 Å². The molecular weight excluding hydrogens is 323 g/mol. The highest BCUT2D eigenvalue weighted by Gasteiger charge is 2.52. The number of carbonyl (C=O) groups is 1. The molecule has 0 aliphatic carbocycles. The van der Waals surface area contributed by atoms with Crippen LogP contribution >= 0.6 is 0 Å². The van der Waals surface area contributed by atoms with E-state index in [1.807, 2.05) is 31.3 Å². The fourth-order valence-electron chi connectivity index (χ4n) is 2.48. The van der Waals surface area contributed by atoms with Gasteiger partial charge in [0.25, 0.3) is 0 Å². The maximum atomic E-state index is 13.2. The fraction of sp³-hybridized carbons (Fsp3) is 0.471. The zero-order chi connectivity index (χ0) is 18.1. The van der Waals surface area contributed by atoms with Crippen LogP contribution in [-0.4, -0.2) is 31.3 Å². The van der Waals surface area contributed by atoms with Crippen molar-refractivity contribution in [1.29, 1.82) is 0 Å². The minimum absolute atomic E-state index is 0.203. The number of fused-ring (bicyclic) bond motifs is 1. The molecule has 1 atom stereocenters. The van der Waals surface area contributed by atoms with Gasteiger partial charge >= 0.3 is 6.18 Å². The molecule has 1 aromatic carbocycles. The summed E-state index contributed by atoms with van der Waals surface area (Å²) in [7, 11) is 1.16. The first-order chi connectivity index (χ1) is 11.1. The van der Waals surface area contributed by atoms with Gasteiger partial charge in [-0.1, -0.05) is 0 Å². The van der Waals surface area contributed by atoms with Crippen LogP contribution in [-0.2, 0) is 16.0 Å². The van der Waals surface area contributed by atoms with Gasteiger partial charge in [-0.25, -0.2) is 0 Å². The second kappa shape index (κ2) is 6.47. The molecule has 0 unspecified atom stereocenters. The van der Waals surface area contributed by atoms with Gasteiger partial charge in [-0.05, 0) is 44.0 Å². The highest BCUT2D eigenvalue weighted by atomic mass is 19.4. The van der Waals surface area contributed by atoms with Gasteiger partial charge in [0, 0.05) is 18.1 Å². The number of methoxy groups -OCH3 is 1. The van der Waals surface area contributed by atoms with Crippen molar-refractivity contribution in [3.63, 3.8) is 0 Å². The van der Waals surface area contributed by atoms with Crippen molar-refractivity contribution < 1.29 is 27.1 Å². The van der Waals surface area contributed by atoms with E-state index in [1.165, 1.54) is 6.26 Å². The number of ether oxygens (including phenoxy) is 1. The van der Waals surface area contributed by atoms with Crippen molar-refractivity contribution in [2.45, 2.75) is 38.9 Å². The Morgan fingerprint density at radius 3 is 2.46 bits per heavy atom. The van der Waals surface area contributed by atoms with E-state index in [0.717, 1.165) is 30.5 Å². The number of carbonyl (C=O) groups excluding carboxylic acids is 1. The van der Waals surface area contributed by atoms with Gasteiger partial charge < -0.3 is 14.5 Å². The second-order valence-corrected chi connectivity index (χ2v) is 6.18. The summed E-state index contributed by atoms with van der Waals surface area (Å²) in [6.45, 7) is 4.09. The summed E-state index contributed by atoms with van der Waals surface area (Å²) in [4.78, 5) is 12.1. The molecule has 0 spiro atoms. The Hall–Kier alpha value is -2.02. The van der Waals surface area contributed by atoms with Crippen molar-refractivity contribution in [3.05, 3.63) is 35.1 Å². The van der Waals surface area contributed by atoms with E-state index in [4.69, 9.17) is 4.42 Å². The number of hydrogen-bond donors (Lipinski definition) is 1. The van der Waals surface area contributed by atoms with Crippen molar-refractivity contribution in [2.75, 3.05) is 13.7 Å². The lowest BCUT2D eigenvalue weighted by molar-refractivity contribution is -0.204.